The maximum absolute atomic E-state index is 6.20. The largest absolute Gasteiger partial charge is 0.373 e. The molecule has 0 radical (unpaired) electrons. The Morgan fingerprint density at radius 2 is 2.17 bits per heavy atom. The number of ether oxygens (including phenoxy) is 1. The number of nitrogens with zero attached hydrogens (tertiary/aromatic N) is 1. The Bertz CT molecular complexity index is 379. The van der Waals surface area contributed by atoms with Crippen molar-refractivity contribution < 1.29 is 4.74 Å². The first-order valence-electron chi connectivity index (χ1n) is 6.76. The molecule has 0 spiro atoms. The molecule has 18 heavy (non-hydrogen) atoms. The van der Waals surface area contributed by atoms with Crippen LogP contribution in [0.25, 0.3) is 0 Å². The van der Waals surface area contributed by atoms with Crippen molar-refractivity contribution in [1.29, 1.82) is 0 Å². The summed E-state index contributed by atoms with van der Waals surface area (Å²) in [4.78, 5) is 2.18. The summed E-state index contributed by atoms with van der Waals surface area (Å²) in [5.74, 6) is 0. The van der Waals surface area contributed by atoms with Gasteiger partial charge in [-0.15, -0.1) is 0 Å². The molecule has 2 unspecified atom stereocenters. The summed E-state index contributed by atoms with van der Waals surface area (Å²) in [5, 5.41) is 0. The lowest BCUT2D eigenvalue weighted by Crippen LogP contribution is -2.30. The second-order valence-corrected chi connectivity index (χ2v) is 5.40. The van der Waals surface area contributed by atoms with Crippen molar-refractivity contribution >= 4 is 0 Å². The molecule has 0 bridgehead atoms. The molecule has 0 fully saturated rings. The minimum Gasteiger partial charge on any atom is -0.373 e. The van der Waals surface area contributed by atoms with Crippen molar-refractivity contribution in [1.82, 2.24) is 4.90 Å². The van der Waals surface area contributed by atoms with Gasteiger partial charge in [0.25, 0.3) is 0 Å². The first-order valence-corrected chi connectivity index (χ1v) is 6.76. The van der Waals surface area contributed by atoms with Crippen LogP contribution >= 0.6 is 0 Å². The molecule has 1 aromatic rings. The van der Waals surface area contributed by atoms with E-state index in [9.17, 15) is 0 Å². The molecule has 100 valence electrons. The van der Waals surface area contributed by atoms with Crippen molar-refractivity contribution in [3.8, 4) is 0 Å². The predicted molar refractivity (Wildman–Crippen MR) is 74.6 cm³/mol. The highest BCUT2D eigenvalue weighted by atomic mass is 16.5. The Kier molecular flexibility index (Phi) is 4.75. The van der Waals surface area contributed by atoms with Gasteiger partial charge in [-0.1, -0.05) is 24.3 Å². The molecule has 1 aromatic carbocycles. The van der Waals surface area contributed by atoms with Crippen LogP contribution in [-0.2, 0) is 11.2 Å². The molecule has 1 aliphatic heterocycles. The van der Waals surface area contributed by atoms with Gasteiger partial charge in [0.15, 0.2) is 0 Å². The normalized spacial score (nSPS) is 20.8. The molecule has 0 aromatic heterocycles. The third kappa shape index (κ3) is 3.55. The van der Waals surface area contributed by atoms with Crippen molar-refractivity contribution in [3.05, 3.63) is 35.4 Å². The lowest BCUT2D eigenvalue weighted by molar-refractivity contribution is 0.0312. The molecule has 0 aliphatic carbocycles. The van der Waals surface area contributed by atoms with Gasteiger partial charge in [0, 0.05) is 6.04 Å². The zero-order valence-electron chi connectivity index (χ0n) is 11.4. The first kappa shape index (κ1) is 13.5. The number of hydrogen-bond donors (Lipinski definition) is 1. The molecular weight excluding hydrogens is 224 g/mol. The lowest BCUT2D eigenvalue weighted by Gasteiger charge is -2.28. The van der Waals surface area contributed by atoms with Crippen LogP contribution in [-0.4, -0.2) is 38.2 Å². The van der Waals surface area contributed by atoms with Gasteiger partial charge in [0.05, 0.1) is 12.7 Å². The van der Waals surface area contributed by atoms with E-state index in [-0.39, 0.29) is 12.1 Å². The van der Waals surface area contributed by atoms with Crippen LogP contribution in [0.4, 0.5) is 0 Å². The molecular formula is C15H24N2O. The molecule has 1 aliphatic rings. The maximum atomic E-state index is 6.20. The molecule has 1 heterocycles. The average molecular weight is 248 g/mol. The highest BCUT2D eigenvalue weighted by Gasteiger charge is 2.22. The van der Waals surface area contributed by atoms with Gasteiger partial charge >= 0.3 is 0 Å². The van der Waals surface area contributed by atoms with E-state index >= 15 is 0 Å². The molecule has 3 nitrogen and oxygen atoms in total. The summed E-state index contributed by atoms with van der Waals surface area (Å²) >= 11 is 0. The van der Waals surface area contributed by atoms with Crippen LogP contribution in [0.3, 0.4) is 0 Å². The Hall–Kier alpha value is -0.900. The third-order valence-electron chi connectivity index (χ3n) is 3.56. The van der Waals surface area contributed by atoms with E-state index in [2.05, 4.69) is 43.3 Å². The van der Waals surface area contributed by atoms with E-state index < -0.39 is 0 Å². The van der Waals surface area contributed by atoms with Crippen LogP contribution < -0.4 is 5.73 Å². The van der Waals surface area contributed by atoms with Crippen LogP contribution in [0.1, 0.15) is 30.1 Å². The van der Waals surface area contributed by atoms with E-state index in [0.717, 1.165) is 32.4 Å². The Balaban J connectivity index is 1.94. The van der Waals surface area contributed by atoms with Gasteiger partial charge in [-0.3, -0.25) is 0 Å². The van der Waals surface area contributed by atoms with Gasteiger partial charge in [-0.05, 0) is 51.0 Å². The highest BCUT2D eigenvalue weighted by molar-refractivity contribution is 5.30. The molecule has 0 saturated carbocycles. The highest BCUT2D eigenvalue weighted by Crippen LogP contribution is 2.30. The summed E-state index contributed by atoms with van der Waals surface area (Å²) in [6.07, 6.45) is 3.16. The zero-order chi connectivity index (χ0) is 13.0. The summed E-state index contributed by atoms with van der Waals surface area (Å²) < 4.78 is 5.89. The maximum Gasteiger partial charge on any atom is 0.0842 e. The fraction of sp³-hybridized carbons (Fsp3) is 0.600. The number of hydrogen-bond acceptors (Lipinski definition) is 3. The second kappa shape index (κ2) is 6.32. The molecule has 0 amide bonds. The van der Waals surface area contributed by atoms with E-state index in [1.807, 2.05) is 0 Å². The number of nitrogens with two attached hydrogens (primary N) is 1. The van der Waals surface area contributed by atoms with Crippen LogP contribution in [0.2, 0.25) is 0 Å². The Morgan fingerprint density at radius 1 is 1.39 bits per heavy atom. The Labute approximate surface area is 110 Å². The van der Waals surface area contributed by atoms with E-state index in [1.54, 1.807) is 0 Å². The second-order valence-electron chi connectivity index (χ2n) is 5.40. The van der Waals surface area contributed by atoms with Crippen molar-refractivity contribution in [2.24, 2.45) is 5.73 Å². The van der Waals surface area contributed by atoms with Gasteiger partial charge in [0.2, 0.25) is 0 Å². The molecule has 2 N–H and O–H groups in total. The molecule has 2 atom stereocenters. The lowest BCUT2D eigenvalue weighted by atomic mass is 9.93. The van der Waals surface area contributed by atoms with Crippen LogP contribution in [0.15, 0.2) is 24.3 Å². The zero-order valence-corrected chi connectivity index (χ0v) is 11.4. The number of rotatable bonds is 5. The topological polar surface area (TPSA) is 38.5 Å². The van der Waals surface area contributed by atoms with Crippen LogP contribution in [0, 0.1) is 0 Å². The summed E-state index contributed by atoms with van der Waals surface area (Å²) in [7, 11) is 4.16. The average Bonchev–Trinajstić information content (AvgIpc) is 2.37. The fourth-order valence-electron chi connectivity index (χ4n) is 2.49. The van der Waals surface area contributed by atoms with Crippen molar-refractivity contribution in [3.63, 3.8) is 0 Å². The quantitative estimate of drug-likeness (QED) is 0.866. The van der Waals surface area contributed by atoms with Gasteiger partial charge in [-0.2, -0.15) is 0 Å². The predicted octanol–water partition coefficient (Wildman–Crippen LogP) is 1.97. The minimum atomic E-state index is 0.187. The summed E-state index contributed by atoms with van der Waals surface area (Å²) in [6.45, 7) is 1.86. The smallest absolute Gasteiger partial charge is 0.0842 e. The van der Waals surface area contributed by atoms with Gasteiger partial charge < -0.3 is 15.4 Å². The number of benzene rings is 1. The summed E-state index contributed by atoms with van der Waals surface area (Å²) in [6, 6.07) is 8.79. The van der Waals surface area contributed by atoms with Crippen LogP contribution in [0.5, 0.6) is 0 Å². The Morgan fingerprint density at radius 3 is 2.94 bits per heavy atom. The fourth-order valence-corrected chi connectivity index (χ4v) is 2.49. The van der Waals surface area contributed by atoms with Gasteiger partial charge in [0.1, 0.15) is 0 Å². The summed E-state index contributed by atoms with van der Waals surface area (Å²) in [5.41, 5.74) is 8.96. The van der Waals surface area contributed by atoms with E-state index in [0.29, 0.717) is 0 Å². The van der Waals surface area contributed by atoms with E-state index in [4.69, 9.17) is 10.5 Å². The minimum absolute atomic E-state index is 0.187. The van der Waals surface area contributed by atoms with Gasteiger partial charge in [-0.25, -0.2) is 0 Å². The SMILES string of the molecule is CN(C)CCC(N)CC1OCCc2ccccc21. The third-order valence-corrected chi connectivity index (χ3v) is 3.56. The molecule has 2 rings (SSSR count). The molecule has 3 heteroatoms. The van der Waals surface area contributed by atoms with Crippen molar-refractivity contribution in [2.75, 3.05) is 27.2 Å². The molecule has 0 saturated heterocycles. The monoisotopic (exact) mass is 248 g/mol. The number of fused-ring (bicyclic) bond motifs is 1. The first-order chi connectivity index (χ1) is 8.66. The van der Waals surface area contributed by atoms with Crippen molar-refractivity contribution in [2.45, 2.75) is 31.4 Å². The standard InChI is InChI=1S/C15H24N2O/c1-17(2)9-7-13(16)11-15-14-6-4-3-5-12(14)8-10-18-15/h3-6,13,15H,7-11,16H2,1-2H3. The van der Waals surface area contributed by atoms with E-state index in [1.165, 1.54) is 11.1 Å².